The van der Waals surface area contributed by atoms with E-state index in [4.69, 9.17) is 9.47 Å². The van der Waals surface area contributed by atoms with E-state index >= 15 is 0 Å². The van der Waals surface area contributed by atoms with Crippen LogP contribution in [0.25, 0.3) is 0 Å². The van der Waals surface area contributed by atoms with Gasteiger partial charge in [0.2, 0.25) is 5.91 Å². The Labute approximate surface area is 252 Å². The molecule has 2 aliphatic rings. The molecule has 4 N–H and O–H groups in total. The van der Waals surface area contributed by atoms with E-state index in [0.717, 1.165) is 55.9 Å². The maximum atomic E-state index is 14.2. The zero-order chi connectivity index (χ0) is 31.8. The van der Waals surface area contributed by atoms with Gasteiger partial charge in [-0.2, -0.15) is 0 Å². The van der Waals surface area contributed by atoms with Gasteiger partial charge >= 0.3 is 18.0 Å². The fraction of sp³-hybridized carbons (Fsp3) is 0.414. The molecule has 15 heteroatoms. The lowest BCUT2D eigenvalue weighted by atomic mass is 9.93. The number of amides is 5. The molecule has 0 bridgehead atoms. The van der Waals surface area contributed by atoms with Gasteiger partial charge in [0.25, 0.3) is 0 Å². The minimum absolute atomic E-state index is 0.00936. The van der Waals surface area contributed by atoms with Gasteiger partial charge in [0.15, 0.2) is 11.6 Å². The molecule has 1 aromatic heterocycles. The van der Waals surface area contributed by atoms with Crippen molar-refractivity contribution in [2.45, 2.75) is 31.8 Å². The lowest BCUT2D eigenvalue weighted by Crippen LogP contribution is -2.56. The highest BCUT2D eigenvalue weighted by Gasteiger charge is 2.43. The number of halogens is 2. The van der Waals surface area contributed by atoms with Gasteiger partial charge in [0, 0.05) is 46.3 Å². The lowest BCUT2D eigenvalue weighted by Gasteiger charge is -2.36. The van der Waals surface area contributed by atoms with Crippen molar-refractivity contribution < 1.29 is 37.4 Å². The van der Waals surface area contributed by atoms with Gasteiger partial charge in [-0.05, 0) is 42.7 Å². The maximum Gasteiger partial charge on any atom is 0.338 e. The van der Waals surface area contributed by atoms with Crippen molar-refractivity contribution >= 4 is 35.6 Å². The first-order chi connectivity index (χ1) is 21.1. The number of rotatable bonds is 10. The van der Waals surface area contributed by atoms with Crippen LogP contribution >= 0.6 is 0 Å². The third-order valence-corrected chi connectivity index (χ3v) is 7.20. The summed E-state index contributed by atoms with van der Waals surface area (Å²) in [4.78, 5) is 58.0. The summed E-state index contributed by atoms with van der Waals surface area (Å²) in [6.45, 7) is 3.21. The number of methoxy groups -OCH3 is 2. The number of anilines is 2. The number of esters is 1. The molecule has 2 aliphatic heterocycles. The molecule has 1 atom stereocenters. The van der Waals surface area contributed by atoms with Crippen molar-refractivity contribution in [3.8, 4) is 0 Å². The first kappa shape index (κ1) is 32.3. The van der Waals surface area contributed by atoms with Crippen LogP contribution in [0.2, 0.25) is 0 Å². The standard InChI is InChI=1S/C29H35F2N7O6/c1-17(39)34-23-5-4-6-24(36-23)37-13-9-19(10-14-37)32-11-12-33-28(41)38-26(18-7-8-20(30)21(31)15-18)25(27(40)44-3)22(16-43-2)35-29(38)42/h4-8,15,19,26,32H,9-14,16H2,1-3H3,(H,33,41)(H,35,42)(H,34,36,39). The Hall–Kier alpha value is -4.63. The molecule has 3 heterocycles. The first-order valence-electron chi connectivity index (χ1n) is 14.0. The molecular formula is C29H35F2N7O6. The second-order valence-corrected chi connectivity index (χ2v) is 10.2. The van der Waals surface area contributed by atoms with Gasteiger partial charge in [-0.3, -0.25) is 4.79 Å². The Balaban J connectivity index is 1.38. The summed E-state index contributed by atoms with van der Waals surface area (Å²) in [5, 5.41) is 11.2. The highest BCUT2D eigenvalue weighted by atomic mass is 19.2. The number of imide groups is 1. The zero-order valence-electron chi connectivity index (χ0n) is 24.6. The van der Waals surface area contributed by atoms with E-state index in [1.165, 1.54) is 20.1 Å². The van der Waals surface area contributed by atoms with E-state index in [2.05, 4.69) is 31.2 Å². The van der Waals surface area contributed by atoms with Crippen LogP contribution in [0.4, 0.5) is 30.0 Å². The number of aromatic nitrogens is 1. The Morgan fingerprint density at radius 2 is 1.82 bits per heavy atom. The molecule has 5 amide bonds. The van der Waals surface area contributed by atoms with E-state index in [0.29, 0.717) is 12.4 Å². The summed E-state index contributed by atoms with van der Waals surface area (Å²) in [5.41, 5.74) is -0.129. The number of pyridine rings is 1. The third kappa shape index (κ3) is 7.65. The Morgan fingerprint density at radius 1 is 1.07 bits per heavy atom. The molecular weight excluding hydrogens is 580 g/mol. The maximum absolute atomic E-state index is 14.2. The van der Waals surface area contributed by atoms with Gasteiger partial charge in [0.05, 0.1) is 25.0 Å². The molecule has 0 saturated carbocycles. The topological polar surface area (TPSA) is 154 Å². The molecule has 2 aromatic rings. The second-order valence-electron chi connectivity index (χ2n) is 10.2. The fourth-order valence-electron chi connectivity index (χ4n) is 5.17. The molecule has 13 nitrogen and oxygen atoms in total. The van der Waals surface area contributed by atoms with Gasteiger partial charge in [-0.1, -0.05) is 12.1 Å². The predicted molar refractivity (Wildman–Crippen MR) is 156 cm³/mol. The Morgan fingerprint density at radius 3 is 2.48 bits per heavy atom. The molecule has 44 heavy (non-hydrogen) atoms. The van der Waals surface area contributed by atoms with E-state index < -0.39 is 35.7 Å². The number of hydrogen-bond donors (Lipinski definition) is 4. The lowest BCUT2D eigenvalue weighted by molar-refractivity contribution is -0.137. The highest BCUT2D eigenvalue weighted by Crippen LogP contribution is 2.35. The molecule has 4 rings (SSSR count). The third-order valence-electron chi connectivity index (χ3n) is 7.20. The Bertz CT molecular complexity index is 1430. The number of carbonyl (C=O) groups excluding carboxylic acids is 4. The molecule has 1 saturated heterocycles. The van der Waals surface area contributed by atoms with Crippen LogP contribution in [0.5, 0.6) is 0 Å². The van der Waals surface area contributed by atoms with Gasteiger partial charge in [-0.15, -0.1) is 0 Å². The number of nitrogens with zero attached hydrogens (tertiary/aromatic N) is 3. The van der Waals surface area contributed by atoms with E-state index in [1.54, 1.807) is 6.07 Å². The average Bonchev–Trinajstić information content (AvgIpc) is 3.00. The van der Waals surface area contributed by atoms with Crippen molar-refractivity contribution in [1.82, 2.24) is 25.8 Å². The second kappa shape index (κ2) is 14.7. The van der Waals surface area contributed by atoms with Crippen molar-refractivity contribution in [2.75, 3.05) is 57.2 Å². The van der Waals surface area contributed by atoms with Crippen LogP contribution in [-0.4, -0.2) is 86.9 Å². The van der Waals surface area contributed by atoms with Crippen LogP contribution < -0.4 is 26.2 Å². The van der Waals surface area contributed by atoms with E-state index in [-0.39, 0.29) is 41.9 Å². The van der Waals surface area contributed by atoms with Crippen molar-refractivity contribution in [1.29, 1.82) is 0 Å². The smallest absolute Gasteiger partial charge is 0.338 e. The minimum Gasteiger partial charge on any atom is -0.466 e. The van der Waals surface area contributed by atoms with Gasteiger partial charge < -0.3 is 35.6 Å². The van der Waals surface area contributed by atoms with Crippen LogP contribution in [0, 0.1) is 11.6 Å². The summed E-state index contributed by atoms with van der Waals surface area (Å²) >= 11 is 0. The molecule has 0 radical (unpaired) electrons. The van der Waals surface area contributed by atoms with Gasteiger partial charge in [0.1, 0.15) is 17.7 Å². The molecule has 0 spiro atoms. The predicted octanol–water partition coefficient (Wildman–Crippen LogP) is 2.43. The largest absolute Gasteiger partial charge is 0.466 e. The Kier molecular flexibility index (Phi) is 10.8. The summed E-state index contributed by atoms with van der Waals surface area (Å²) in [5.74, 6) is -2.15. The summed E-state index contributed by atoms with van der Waals surface area (Å²) in [6.07, 6.45) is 1.62. The van der Waals surface area contributed by atoms with E-state index in [9.17, 15) is 28.0 Å². The van der Waals surface area contributed by atoms with E-state index in [1.807, 2.05) is 12.1 Å². The quantitative estimate of drug-likeness (QED) is 0.233. The molecule has 1 aromatic carbocycles. The monoisotopic (exact) mass is 615 g/mol. The average molecular weight is 616 g/mol. The fourth-order valence-corrected chi connectivity index (χ4v) is 5.17. The number of benzene rings is 1. The number of piperidine rings is 1. The molecule has 0 aliphatic carbocycles. The molecule has 236 valence electrons. The van der Waals surface area contributed by atoms with Crippen LogP contribution in [-0.2, 0) is 19.1 Å². The van der Waals surface area contributed by atoms with Crippen molar-refractivity contribution in [3.05, 3.63) is 64.9 Å². The summed E-state index contributed by atoms with van der Waals surface area (Å²) in [7, 11) is 2.47. The van der Waals surface area contributed by atoms with Gasteiger partial charge in [-0.25, -0.2) is 33.0 Å². The van der Waals surface area contributed by atoms with Crippen LogP contribution in [0.1, 0.15) is 31.4 Å². The molecule has 1 fully saturated rings. The number of nitrogens with one attached hydrogen (secondary N) is 4. The highest BCUT2D eigenvalue weighted by molar-refractivity contribution is 6.01. The number of carbonyl (C=O) groups is 4. The summed E-state index contributed by atoms with van der Waals surface area (Å²) in [6, 6.07) is 5.34. The van der Waals surface area contributed by atoms with Crippen molar-refractivity contribution in [2.24, 2.45) is 0 Å². The number of urea groups is 2. The first-order valence-corrected chi connectivity index (χ1v) is 14.0. The number of hydrogen-bond acceptors (Lipinski definition) is 9. The van der Waals surface area contributed by atoms with Crippen LogP contribution in [0.3, 0.4) is 0 Å². The number of ether oxygens (including phenoxy) is 2. The molecule has 1 unspecified atom stereocenters. The summed E-state index contributed by atoms with van der Waals surface area (Å²) < 4.78 is 38.0. The minimum atomic E-state index is -1.41. The zero-order valence-corrected chi connectivity index (χ0v) is 24.6. The normalized spacial score (nSPS) is 17.3. The SMILES string of the molecule is COCC1=C(C(=O)OC)C(c2ccc(F)c(F)c2)N(C(=O)NCCNC2CCN(c3cccc(NC(C)=O)n3)CC2)C(=O)N1. The van der Waals surface area contributed by atoms with Crippen molar-refractivity contribution in [3.63, 3.8) is 0 Å². The van der Waals surface area contributed by atoms with Crippen LogP contribution in [0.15, 0.2) is 47.7 Å².